The van der Waals surface area contributed by atoms with Crippen LogP contribution in [0.3, 0.4) is 0 Å². The van der Waals surface area contributed by atoms with Gasteiger partial charge in [-0.25, -0.2) is 14.8 Å². The number of carboxylic acids is 1. The summed E-state index contributed by atoms with van der Waals surface area (Å²) in [5.74, 6) is -1.75. The molecule has 1 aromatic rings. The number of carbonyl (C=O) groups is 2. The summed E-state index contributed by atoms with van der Waals surface area (Å²) >= 11 is 0. The Balaban J connectivity index is 2.03. The highest BCUT2D eigenvalue weighted by Crippen LogP contribution is 2.03. The SMILES string of the molecule is O=C(NN1CCOCC1)c1nc[nH]c1C(=O)O. The molecule has 0 atom stereocenters. The standard InChI is InChI=1S/C9H12N4O4/c14-8(12-13-1-3-17-4-2-13)6-7(9(15)16)11-5-10-6/h5H,1-4H2,(H,10,11)(H,12,14)(H,15,16). The van der Waals surface area contributed by atoms with Gasteiger partial charge in [-0.1, -0.05) is 0 Å². The molecule has 0 bridgehead atoms. The number of imidazole rings is 1. The third kappa shape index (κ3) is 2.60. The molecular weight excluding hydrogens is 228 g/mol. The molecule has 0 aromatic carbocycles. The second-order valence-electron chi connectivity index (χ2n) is 3.47. The first kappa shape index (κ1) is 11.6. The first-order chi connectivity index (χ1) is 8.18. The lowest BCUT2D eigenvalue weighted by Crippen LogP contribution is -2.48. The number of rotatable bonds is 3. The predicted octanol–water partition coefficient (Wildman–Crippen LogP) is -0.915. The molecule has 1 aliphatic rings. The highest BCUT2D eigenvalue weighted by molar-refractivity contribution is 6.01. The second-order valence-corrected chi connectivity index (χ2v) is 3.47. The molecule has 1 aromatic heterocycles. The number of aromatic carboxylic acids is 1. The Morgan fingerprint density at radius 2 is 2.18 bits per heavy atom. The van der Waals surface area contributed by atoms with Crippen LogP contribution in [0.25, 0.3) is 0 Å². The molecule has 92 valence electrons. The van der Waals surface area contributed by atoms with Gasteiger partial charge in [0.15, 0.2) is 11.4 Å². The van der Waals surface area contributed by atoms with Crippen LogP contribution in [0, 0.1) is 0 Å². The number of carboxylic acid groups (broad SMARTS) is 1. The normalized spacial score (nSPS) is 16.7. The zero-order valence-corrected chi connectivity index (χ0v) is 8.97. The average molecular weight is 240 g/mol. The molecule has 0 unspecified atom stereocenters. The molecule has 0 aliphatic carbocycles. The van der Waals surface area contributed by atoms with Crippen LogP contribution in [-0.2, 0) is 4.74 Å². The van der Waals surface area contributed by atoms with E-state index in [1.165, 1.54) is 6.33 Å². The summed E-state index contributed by atoms with van der Waals surface area (Å²) in [6.07, 6.45) is 1.18. The van der Waals surface area contributed by atoms with Gasteiger partial charge in [0, 0.05) is 13.1 Å². The van der Waals surface area contributed by atoms with Crippen molar-refractivity contribution in [1.29, 1.82) is 0 Å². The molecule has 0 radical (unpaired) electrons. The molecule has 2 rings (SSSR count). The van der Waals surface area contributed by atoms with Gasteiger partial charge < -0.3 is 14.8 Å². The number of hydrogen-bond acceptors (Lipinski definition) is 5. The van der Waals surface area contributed by atoms with E-state index in [-0.39, 0.29) is 11.4 Å². The first-order valence-corrected chi connectivity index (χ1v) is 5.09. The maximum Gasteiger partial charge on any atom is 0.354 e. The van der Waals surface area contributed by atoms with Gasteiger partial charge in [-0.05, 0) is 0 Å². The van der Waals surface area contributed by atoms with Crippen LogP contribution >= 0.6 is 0 Å². The molecule has 3 N–H and O–H groups in total. The van der Waals surface area contributed by atoms with Crippen molar-refractivity contribution in [1.82, 2.24) is 20.4 Å². The van der Waals surface area contributed by atoms with Crippen molar-refractivity contribution in [3.05, 3.63) is 17.7 Å². The van der Waals surface area contributed by atoms with Crippen LogP contribution in [0.2, 0.25) is 0 Å². The summed E-state index contributed by atoms with van der Waals surface area (Å²) in [5.41, 5.74) is 2.25. The summed E-state index contributed by atoms with van der Waals surface area (Å²) in [5, 5.41) is 10.5. The molecule has 1 aliphatic heterocycles. The fraction of sp³-hybridized carbons (Fsp3) is 0.444. The van der Waals surface area contributed by atoms with E-state index in [1.807, 2.05) is 0 Å². The van der Waals surface area contributed by atoms with Gasteiger partial charge in [-0.15, -0.1) is 0 Å². The molecule has 1 amide bonds. The van der Waals surface area contributed by atoms with E-state index < -0.39 is 11.9 Å². The van der Waals surface area contributed by atoms with E-state index >= 15 is 0 Å². The molecule has 17 heavy (non-hydrogen) atoms. The third-order valence-corrected chi connectivity index (χ3v) is 2.34. The van der Waals surface area contributed by atoms with Gasteiger partial charge in [0.2, 0.25) is 0 Å². The van der Waals surface area contributed by atoms with Crippen LogP contribution in [-0.4, -0.2) is 58.3 Å². The zero-order valence-electron chi connectivity index (χ0n) is 8.97. The van der Waals surface area contributed by atoms with Gasteiger partial charge in [0.25, 0.3) is 5.91 Å². The number of ether oxygens (including phenoxy) is 1. The smallest absolute Gasteiger partial charge is 0.354 e. The summed E-state index contributed by atoms with van der Waals surface area (Å²) in [7, 11) is 0. The van der Waals surface area contributed by atoms with Gasteiger partial charge >= 0.3 is 5.97 Å². The second kappa shape index (κ2) is 4.93. The van der Waals surface area contributed by atoms with Crippen LogP contribution in [0.5, 0.6) is 0 Å². The maximum atomic E-state index is 11.8. The van der Waals surface area contributed by atoms with E-state index in [1.54, 1.807) is 5.01 Å². The quantitative estimate of drug-likeness (QED) is 0.631. The summed E-state index contributed by atoms with van der Waals surface area (Å²) in [4.78, 5) is 28.7. The molecule has 1 fully saturated rings. The van der Waals surface area contributed by atoms with E-state index in [0.29, 0.717) is 26.3 Å². The van der Waals surface area contributed by atoms with Gasteiger partial charge in [-0.3, -0.25) is 10.2 Å². The number of carbonyl (C=O) groups excluding carboxylic acids is 1. The average Bonchev–Trinajstić information content (AvgIpc) is 2.79. The van der Waals surface area contributed by atoms with Crippen molar-refractivity contribution >= 4 is 11.9 Å². The Hall–Kier alpha value is -1.93. The lowest BCUT2D eigenvalue weighted by atomic mass is 10.3. The third-order valence-electron chi connectivity index (χ3n) is 2.34. The minimum Gasteiger partial charge on any atom is -0.477 e. The number of aromatic nitrogens is 2. The lowest BCUT2D eigenvalue weighted by Gasteiger charge is -2.26. The van der Waals surface area contributed by atoms with Crippen molar-refractivity contribution in [2.75, 3.05) is 26.3 Å². The van der Waals surface area contributed by atoms with E-state index in [2.05, 4.69) is 15.4 Å². The number of hydrogen-bond donors (Lipinski definition) is 3. The highest BCUT2D eigenvalue weighted by Gasteiger charge is 2.22. The number of nitrogens with zero attached hydrogens (tertiary/aromatic N) is 2. The molecular formula is C9H12N4O4. The van der Waals surface area contributed by atoms with Crippen molar-refractivity contribution in [3.63, 3.8) is 0 Å². The van der Waals surface area contributed by atoms with Crippen LogP contribution < -0.4 is 5.43 Å². The van der Waals surface area contributed by atoms with E-state index in [9.17, 15) is 9.59 Å². The fourth-order valence-corrected chi connectivity index (χ4v) is 1.50. The molecule has 2 heterocycles. The van der Waals surface area contributed by atoms with Gasteiger partial charge in [-0.2, -0.15) is 0 Å². The van der Waals surface area contributed by atoms with E-state index in [0.717, 1.165) is 0 Å². The number of H-pyrrole nitrogens is 1. The first-order valence-electron chi connectivity index (χ1n) is 5.09. The number of amides is 1. The van der Waals surface area contributed by atoms with Crippen molar-refractivity contribution in [2.24, 2.45) is 0 Å². The van der Waals surface area contributed by atoms with Crippen LogP contribution in [0.1, 0.15) is 21.0 Å². The molecule has 0 saturated carbocycles. The number of hydrazine groups is 1. The number of morpholine rings is 1. The highest BCUT2D eigenvalue weighted by atomic mass is 16.5. The summed E-state index contributed by atoms with van der Waals surface area (Å²) < 4.78 is 5.13. The summed E-state index contributed by atoms with van der Waals surface area (Å²) in [6, 6.07) is 0. The number of nitrogens with one attached hydrogen (secondary N) is 2. The minimum absolute atomic E-state index is 0.121. The fourth-order valence-electron chi connectivity index (χ4n) is 1.50. The molecule has 0 spiro atoms. The topological polar surface area (TPSA) is 108 Å². The van der Waals surface area contributed by atoms with Crippen LogP contribution in [0.4, 0.5) is 0 Å². The number of aromatic amines is 1. The monoisotopic (exact) mass is 240 g/mol. The molecule has 8 heteroatoms. The van der Waals surface area contributed by atoms with Gasteiger partial charge in [0.1, 0.15) is 0 Å². The Morgan fingerprint density at radius 3 is 2.82 bits per heavy atom. The van der Waals surface area contributed by atoms with Crippen LogP contribution in [0.15, 0.2) is 6.33 Å². The Morgan fingerprint density at radius 1 is 1.47 bits per heavy atom. The Bertz CT molecular complexity index is 424. The zero-order chi connectivity index (χ0) is 12.3. The van der Waals surface area contributed by atoms with Crippen molar-refractivity contribution in [3.8, 4) is 0 Å². The Labute approximate surface area is 96.6 Å². The predicted molar refractivity (Wildman–Crippen MR) is 55.4 cm³/mol. The largest absolute Gasteiger partial charge is 0.477 e. The van der Waals surface area contributed by atoms with Crippen molar-refractivity contribution in [2.45, 2.75) is 0 Å². The summed E-state index contributed by atoms with van der Waals surface area (Å²) in [6.45, 7) is 2.20. The van der Waals surface area contributed by atoms with Crippen molar-refractivity contribution < 1.29 is 19.4 Å². The Kier molecular flexibility index (Phi) is 3.35. The molecule has 1 saturated heterocycles. The minimum atomic E-state index is -1.21. The lowest BCUT2D eigenvalue weighted by molar-refractivity contribution is 0.0124. The molecule has 8 nitrogen and oxygen atoms in total. The van der Waals surface area contributed by atoms with Gasteiger partial charge in [0.05, 0.1) is 19.5 Å². The maximum absolute atomic E-state index is 11.8. The van der Waals surface area contributed by atoms with E-state index in [4.69, 9.17) is 9.84 Å².